The van der Waals surface area contributed by atoms with Gasteiger partial charge in [-0.1, -0.05) is 30.3 Å². The molecule has 2 aliphatic heterocycles. The summed E-state index contributed by atoms with van der Waals surface area (Å²) >= 11 is 1.54. The number of piperazine rings is 1. The minimum atomic E-state index is -0.0666. The average Bonchev–Trinajstić information content (AvgIpc) is 3.54. The standard InChI is InChI=1S/C24H27N5O3S/c30-20(28-8-4-5-9-28)14-27-10-12-29(13-11-27)21(31)15-32-23-22-19(18-6-2-1-3-7-18)16-33-24(22)26-17-25-23/h1-3,6-7,16-17H,4-5,8-15H2. The number of likely N-dealkylation sites (tertiary alicyclic amines) is 1. The van der Waals surface area contributed by atoms with Crippen LogP contribution >= 0.6 is 11.3 Å². The largest absolute Gasteiger partial charge is 0.467 e. The van der Waals surface area contributed by atoms with Gasteiger partial charge in [0.15, 0.2) is 6.61 Å². The predicted molar refractivity (Wildman–Crippen MR) is 127 cm³/mol. The highest BCUT2D eigenvalue weighted by atomic mass is 32.1. The van der Waals surface area contributed by atoms with Crippen LogP contribution < -0.4 is 4.74 Å². The number of hydrogen-bond acceptors (Lipinski definition) is 7. The Kier molecular flexibility index (Phi) is 6.50. The number of carbonyl (C=O) groups excluding carboxylic acids is 2. The van der Waals surface area contributed by atoms with Crippen molar-refractivity contribution in [1.82, 2.24) is 24.7 Å². The molecular weight excluding hydrogens is 438 g/mol. The summed E-state index contributed by atoms with van der Waals surface area (Å²) in [6.45, 7) is 4.73. The first-order valence-corrected chi connectivity index (χ1v) is 12.3. The number of ether oxygens (including phenoxy) is 1. The highest BCUT2D eigenvalue weighted by Crippen LogP contribution is 2.37. The topological polar surface area (TPSA) is 78.9 Å². The molecule has 3 aromatic rings. The van der Waals surface area contributed by atoms with Crippen molar-refractivity contribution in [3.63, 3.8) is 0 Å². The molecule has 33 heavy (non-hydrogen) atoms. The van der Waals surface area contributed by atoms with Gasteiger partial charge in [0, 0.05) is 50.2 Å². The number of fused-ring (bicyclic) bond motifs is 1. The molecule has 0 N–H and O–H groups in total. The number of hydrogen-bond donors (Lipinski definition) is 0. The molecule has 0 bridgehead atoms. The number of rotatable bonds is 6. The summed E-state index contributed by atoms with van der Waals surface area (Å²) in [7, 11) is 0. The van der Waals surface area contributed by atoms with Gasteiger partial charge in [0.1, 0.15) is 11.2 Å². The first-order chi connectivity index (χ1) is 16.2. The van der Waals surface area contributed by atoms with Crippen molar-refractivity contribution in [2.24, 2.45) is 0 Å². The lowest BCUT2D eigenvalue weighted by Gasteiger charge is -2.34. The minimum Gasteiger partial charge on any atom is -0.467 e. The number of nitrogens with zero attached hydrogens (tertiary/aromatic N) is 5. The Balaban J connectivity index is 1.18. The van der Waals surface area contributed by atoms with Gasteiger partial charge in [-0.3, -0.25) is 14.5 Å². The van der Waals surface area contributed by atoms with Gasteiger partial charge in [-0.05, 0) is 18.4 Å². The first-order valence-electron chi connectivity index (χ1n) is 11.4. The van der Waals surface area contributed by atoms with Crippen molar-refractivity contribution in [3.8, 4) is 17.0 Å². The molecule has 2 saturated heterocycles. The van der Waals surface area contributed by atoms with E-state index >= 15 is 0 Å². The van der Waals surface area contributed by atoms with Gasteiger partial charge in [-0.15, -0.1) is 11.3 Å². The summed E-state index contributed by atoms with van der Waals surface area (Å²) in [5.41, 5.74) is 2.07. The van der Waals surface area contributed by atoms with E-state index in [-0.39, 0.29) is 18.4 Å². The molecule has 0 saturated carbocycles. The molecule has 9 heteroatoms. The maximum absolute atomic E-state index is 12.8. The van der Waals surface area contributed by atoms with Gasteiger partial charge in [0.2, 0.25) is 11.8 Å². The van der Waals surface area contributed by atoms with Crippen LogP contribution in [-0.4, -0.2) is 88.9 Å². The zero-order valence-electron chi connectivity index (χ0n) is 18.5. The van der Waals surface area contributed by atoms with Gasteiger partial charge < -0.3 is 14.5 Å². The summed E-state index contributed by atoms with van der Waals surface area (Å²) < 4.78 is 5.90. The van der Waals surface area contributed by atoms with Crippen molar-refractivity contribution in [2.45, 2.75) is 12.8 Å². The molecule has 0 aliphatic carbocycles. The fourth-order valence-electron chi connectivity index (χ4n) is 4.42. The predicted octanol–water partition coefficient (Wildman–Crippen LogP) is 2.50. The Hall–Kier alpha value is -3.04. The summed E-state index contributed by atoms with van der Waals surface area (Å²) in [6, 6.07) is 10.0. The van der Waals surface area contributed by atoms with Crippen LogP contribution in [0.25, 0.3) is 21.3 Å². The average molecular weight is 466 g/mol. The van der Waals surface area contributed by atoms with E-state index in [9.17, 15) is 9.59 Å². The third kappa shape index (κ3) is 4.84. The second-order valence-electron chi connectivity index (χ2n) is 8.41. The number of carbonyl (C=O) groups is 2. The van der Waals surface area contributed by atoms with Crippen LogP contribution in [0.2, 0.25) is 0 Å². The van der Waals surface area contributed by atoms with Crippen LogP contribution in [0.3, 0.4) is 0 Å². The Morgan fingerprint density at radius 3 is 2.39 bits per heavy atom. The molecule has 1 aromatic carbocycles. The van der Waals surface area contributed by atoms with Crippen molar-refractivity contribution >= 4 is 33.4 Å². The summed E-state index contributed by atoms with van der Waals surface area (Å²) in [5, 5.41) is 2.89. The van der Waals surface area contributed by atoms with Crippen LogP contribution in [0.5, 0.6) is 5.88 Å². The minimum absolute atomic E-state index is 0.0660. The molecule has 5 rings (SSSR count). The molecule has 2 fully saturated rings. The van der Waals surface area contributed by atoms with Gasteiger partial charge in [0.25, 0.3) is 5.91 Å². The van der Waals surface area contributed by atoms with E-state index in [1.165, 1.54) is 17.7 Å². The van der Waals surface area contributed by atoms with Crippen LogP contribution in [0, 0.1) is 0 Å². The van der Waals surface area contributed by atoms with Gasteiger partial charge in [0.05, 0.1) is 11.9 Å². The molecule has 0 spiro atoms. The Labute approximate surface area is 196 Å². The van der Waals surface area contributed by atoms with Crippen LogP contribution in [0.1, 0.15) is 12.8 Å². The van der Waals surface area contributed by atoms with Crippen LogP contribution in [-0.2, 0) is 9.59 Å². The highest BCUT2D eigenvalue weighted by molar-refractivity contribution is 7.17. The smallest absolute Gasteiger partial charge is 0.260 e. The number of benzene rings is 1. The molecule has 0 atom stereocenters. The first kappa shape index (κ1) is 21.8. The van der Waals surface area contributed by atoms with E-state index in [2.05, 4.69) is 14.9 Å². The molecular formula is C24H27N5O3S. The number of aromatic nitrogens is 2. The molecule has 0 unspecified atom stereocenters. The maximum atomic E-state index is 12.8. The molecule has 2 amide bonds. The Bertz CT molecular complexity index is 1120. The van der Waals surface area contributed by atoms with Crippen molar-refractivity contribution < 1.29 is 14.3 Å². The quantitative estimate of drug-likeness (QED) is 0.557. The van der Waals surface area contributed by atoms with E-state index < -0.39 is 0 Å². The number of thiophene rings is 1. The second kappa shape index (κ2) is 9.84. The number of amides is 2. The Morgan fingerprint density at radius 1 is 0.909 bits per heavy atom. The van der Waals surface area contributed by atoms with Crippen LogP contribution in [0.4, 0.5) is 0 Å². The lowest BCUT2D eigenvalue weighted by atomic mass is 10.1. The third-order valence-electron chi connectivity index (χ3n) is 6.30. The van der Waals surface area contributed by atoms with Crippen LogP contribution in [0.15, 0.2) is 42.0 Å². The monoisotopic (exact) mass is 465 g/mol. The zero-order chi connectivity index (χ0) is 22.6. The second-order valence-corrected chi connectivity index (χ2v) is 9.27. The van der Waals surface area contributed by atoms with E-state index in [1.54, 1.807) is 4.90 Å². The van der Waals surface area contributed by atoms with E-state index in [0.717, 1.165) is 47.3 Å². The summed E-state index contributed by atoms with van der Waals surface area (Å²) in [4.78, 5) is 40.6. The SMILES string of the molecule is O=C(COc1ncnc2scc(-c3ccccc3)c12)N1CCN(CC(=O)N2CCCC2)CC1. The molecule has 0 radical (unpaired) electrons. The fourth-order valence-corrected chi connectivity index (χ4v) is 5.33. The normalized spacial score (nSPS) is 17.0. The molecule has 2 aromatic heterocycles. The molecule has 8 nitrogen and oxygen atoms in total. The van der Waals surface area contributed by atoms with Crippen molar-refractivity contribution in [2.75, 3.05) is 52.4 Å². The van der Waals surface area contributed by atoms with Crippen molar-refractivity contribution in [1.29, 1.82) is 0 Å². The highest BCUT2D eigenvalue weighted by Gasteiger charge is 2.26. The van der Waals surface area contributed by atoms with Crippen molar-refractivity contribution in [3.05, 3.63) is 42.0 Å². The Morgan fingerprint density at radius 2 is 1.64 bits per heavy atom. The van der Waals surface area contributed by atoms with Gasteiger partial charge in [-0.2, -0.15) is 0 Å². The maximum Gasteiger partial charge on any atom is 0.260 e. The molecule has 172 valence electrons. The van der Waals surface area contributed by atoms with Gasteiger partial charge in [-0.25, -0.2) is 9.97 Å². The summed E-state index contributed by atoms with van der Waals surface area (Å²) in [5.74, 6) is 0.570. The van der Waals surface area contributed by atoms with Gasteiger partial charge >= 0.3 is 0 Å². The van der Waals surface area contributed by atoms with E-state index in [1.807, 2.05) is 40.6 Å². The molecule has 2 aliphatic rings. The lowest BCUT2D eigenvalue weighted by Crippen LogP contribution is -2.52. The fraction of sp³-hybridized carbons (Fsp3) is 0.417. The van der Waals surface area contributed by atoms with E-state index in [0.29, 0.717) is 38.6 Å². The summed E-state index contributed by atoms with van der Waals surface area (Å²) in [6.07, 6.45) is 3.68. The lowest BCUT2D eigenvalue weighted by molar-refractivity contribution is -0.136. The molecule has 4 heterocycles. The zero-order valence-corrected chi connectivity index (χ0v) is 19.3. The third-order valence-corrected chi connectivity index (χ3v) is 7.18. The van der Waals surface area contributed by atoms with E-state index in [4.69, 9.17) is 4.74 Å².